The number of fused-ring (bicyclic) bond motifs is 1. The molecule has 0 spiro atoms. The first kappa shape index (κ1) is 17.4. The van der Waals surface area contributed by atoms with E-state index in [0.717, 1.165) is 47.5 Å². The van der Waals surface area contributed by atoms with Crippen LogP contribution >= 0.6 is 23.4 Å². The molecule has 1 fully saturated rings. The number of hydrogen-bond acceptors (Lipinski definition) is 4. The third-order valence-corrected chi connectivity index (χ3v) is 6.11. The molecular weight excluding hydrogens is 366 g/mol. The van der Waals surface area contributed by atoms with Crippen molar-refractivity contribution in [3.8, 4) is 6.07 Å². The molecule has 2 aliphatic rings. The van der Waals surface area contributed by atoms with Crippen LogP contribution in [0, 0.1) is 11.3 Å². The summed E-state index contributed by atoms with van der Waals surface area (Å²) in [4.78, 5) is 17.6. The van der Waals surface area contributed by atoms with Crippen molar-refractivity contribution >= 4 is 29.3 Å². The summed E-state index contributed by atoms with van der Waals surface area (Å²) < 4.78 is 0. The van der Waals surface area contributed by atoms with Gasteiger partial charge in [-0.25, -0.2) is 4.98 Å². The average Bonchev–Trinajstić information content (AvgIpc) is 3.43. The van der Waals surface area contributed by atoms with E-state index in [1.807, 2.05) is 24.5 Å². The highest BCUT2D eigenvalue weighted by Gasteiger charge is 2.30. The highest BCUT2D eigenvalue weighted by atomic mass is 35.5. The van der Waals surface area contributed by atoms with Crippen molar-refractivity contribution < 1.29 is 4.79 Å². The quantitative estimate of drug-likeness (QED) is 0.782. The van der Waals surface area contributed by atoms with E-state index in [2.05, 4.69) is 16.4 Å². The Balaban J connectivity index is 1.66. The fraction of sp³-hybridized carbons (Fsp3) is 0.350. The highest BCUT2D eigenvalue weighted by Crippen LogP contribution is 2.41. The Labute approximate surface area is 162 Å². The number of carbonyl (C=O) groups is 1. The van der Waals surface area contributed by atoms with Gasteiger partial charge in [-0.15, -0.1) is 11.8 Å². The number of nitriles is 1. The second-order valence-corrected chi connectivity index (χ2v) is 7.94. The largest absolute Gasteiger partial charge is 0.345 e. The van der Waals surface area contributed by atoms with E-state index in [4.69, 9.17) is 11.6 Å². The Hall–Kier alpha value is -2.03. The van der Waals surface area contributed by atoms with Crippen molar-refractivity contribution in [1.29, 1.82) is 5.26 Å². The van der Waals surface area contributed by atoms with E-state index in [0.29, 0.717) is 22.1 Å². The number of nitrogens with zero attached hydrogens (tertiary/aromatic N) is 2. The summed E-state index contributed by atoms with van der Waals surface area (Å²) in [5, 5.41) is 14.1. The molecule has 1 saturated carbocycles. The lowest BCUT2D eigenvalue weighted by molar-refractivity contribution is 0.0936. The van der Waals surface area contributed by atoms with Crippen LogP contribution in [0.4, 0.5) is 0 Å². The van der Waals surface area contributed by atoms with Gasteiger partial charge in [0, 0.05) is 16.6 Å². The number of halogens is 1. The number of hydrogen-bond donors (Lipinski definition) is 1. The molecule has 0 bridgehead atoms. The van der Waals surface area contributed by atoms with Gasteiger partial charge in [-0.2, -0.15) is 5.26 Å². The predicted octanol–water partition coefficient (Wildman–Crippen LogP) is 4.62. The van der Waals surface area contributed by atoms with E-state index < -0.39 is 0 Å². The van der Waals surface area contributed by atoms with E-state index in [9.17, 15) is 10.1 Å². The monoisotopic (exact) mass is 383 g/mol. The number of amides is 1. The number of benzene rings is 1. The van der Waals surface area contributed by atoms with E-state index in [1.54, 1.807) is 6.07 Å². The Bertz CT molecular complexity index is 933. The van der Waals surface area contributed by atoms with Crippen LogP contribution in [0.1, 0.15) is 64.0 Å². The fourth-order valence-electron chi connectivity index (χ4n) is 3.56. The molecule has 6 heteroatoms. The van der Waals surface area contributed by atoms with E-state index in [-0.39, 0.29) is 11.9 Å². The van der Waals surface area contributed by atoms with Gasteiger partial charge in [0.1, 0.15) is 11.1 Å². The van der Waals surface area contributed by atoms with E-state index >= 15 is 0 Å². The molecule has 4 rings (SSSR count). The van der Waals surface area contributed by atoms with Crippen LogP contribution in [-0.4, -0.2) is 17.1 Å². The maximum absolute atomic E-state index is 13.0. The summed E-state index contributed by atoms with van der Waals surface area (Å²) >= 11 is 7.68. The topological polar surface area (TPSA) is 65.8 Å². The zero-order chi connectivity index (χ0) is 18.3. The Morgan fingerprint density at radius 1 is 1.38 bits per heavy atom. The number of rotatable bonds is 4. The molecule has 0 radical (unpaired) electrons. The van der Waals surface area contributed by atoms with Crippen LogP contribution in [0.15, 0.2) is 29.3 Å². The first-order valence-corrected chi connectivity index (χ1v) is 10.3. The zero-order valence-electron chi connectivity index (χ0n) is 14.4. The number of thioether (sulfide) groups is 1. The normalized spacial score (nSPS) is 18.3. The molecular formula is C20H18ClN3OS. The molecule has 26 heavy (non-hydrogen) atoms. The van der Waals surface area contributed by atoms with Crippen molar-refractivity contribution in [3.63, 3.8) is 0 Å². The highest BCUT2D eigenvalue weighted by molar-refractivity contribution is 7.98. The number of pyridine rings is 1. The number of nitrogens with one attached hydrogen (secondary N) is 1. The lowest BCUT2D eigenvalue weighted by Crippen LogP contribution is -2.28. The molecule has 2 aliphatic carbocycles. The first-order valence-electron chi connectivity index (χ1n) is 8.69. The van der Waals surface area contributed by atoms with Gasteiger partial charge in [-0.1, -0.05) is 23.7 Å². The summed E-state index contributed by atoms with van der Waals surface area (Å²) in [6, 6.07) is 9.71. The lowest BCUT2D eigenvalue weighted by Gasteiger charge is -2.16. The molecule has 2 aromatic rings. The molecule has 4 nitrogen and oxygen atoms in total. The smallest absolute Gasteiger partial charge is 0.253 e. The average molecular weight is 384 g/mol. The van der Waals surface area contributed by atoms with Crippen LogP contribution < -0.4 is 5.32 Å². The molecule has 1 aromatic carbocycles. The Morgan fingerprint density at radius 3 is 2.88 bits per heavy atom. The maximum Gasteiger partial charge on any atom is 0.253 e. The molecule has 1 aromatic heterocycles. The summed E-state index contributed by atoms with van der Waals surface area (Å²) in [6.45, 7) is 0. The van der Waals surface area contributed by atoms with Gasteiger partial charge < -0.3 is 5.32 Å². The summed E-state index contributed by atoms with van der Waals surface area (Å²) in [5.41, 5.74) is 3.91. The standard InChI is InChI=1S/C20H18ClN3OS/c1-26-20-15(10-22)14(9-18(24-20)11-5-6-11)19(25)23-17-8-7-12-13(17)3-2-4-16(12)21/h2-4,9,11,17H,5-8H2,1H3,(H,23,25)/t17-/m1/s1. The minimum absolute atomic E-state index is 0.0713. The molecule has 1 N–H and O–H groups in total. The minimum atomic E-state index is -0.209. The molecule has 1 heterocycles. The van der Waals surface area contributed by atoms with Gasteiger partial charge in [0.2, 0.25) is 0 Å². The SMILES string of the molecule is CSc1nc(C2CC2)cc(C(=O)N[C@@H]2CCc3c(Cl)cccc32)c1C#N. The Morgan fingerprint density at radius 2 is 2.19 bits per heavy atom. The van der Waals surface area contributed by atoms with Gasteiger partial charge in [-0.05, 0) is 55.2 Å². The summed E-state index contributed by atoms with van der Waals surface area (Å²) in [5.74, 6) is 0.213. The van der Waals surface area contributed by atoms with Crippen LogP contribution in [0.3, 0.4) is 0 Å². The molecule has 0 aliphatic heterocycles. The Kier molecular flexibility index (Phi) is 4.64. The molecule has 1 atom stereocenters. The first-order chi connectivity index (χ1) is 12.6. The third-order valence-electron chi connectivity index (χ3n) is 5.07. The van der Waals surface area contributed by atoms with Crippen molar-refractivity contribution in [2.45, 2.75) is 42.7 Å². The van der Waals surface area contributed by atoms with Crippen LogP contribution in [0.2, 0.25) is 5.02 Å². The maximum atomic E-state index is 13.0. The molecule has 0 saturated heterocycles. The van der Waals surface area contributed by atoms with Crippen molar-refractivity contribution in [3.05, 3.63) is 57.2 Å². The third kappa shape index (κ3) is 3.08. The molecule has 132 valence electrons. The van der Waals surface area contributed by atoms with Crippen molar-refractivity contribution in [2.24, 2.45) is 0 Å². The van der Waals surface area contributed by atoms with E-state index in [1.165, 1.54) is 11.8 Å². The zero-order valence-corrected chi connectivity index (χ0v) is 16.0. The molecule has 0 unspecified atom stereocenters. The van der Waals surface area contributed by atoms with Gasteiger partial charge in [0.25, 0.3) is 5.91 Å². The lowest BCUT2D eigenvalue weighted by atomic mass is 10.0. The van der Waals surface area contributed by atoms with Gasteiger partial charge >= 0.3 is 0 Å². The van der Waals surface area contributed by atoms with Crippen LogP contribution in [0.25, 0.3) is 0 Å². The minimum Gasteiger partial charge on any atom is -0.345 e. The summed E-state index contributed by atoms with van der Waals surface area (Å²) in [6.07, 6.45) is 5.76. The number of aromatic nitrogens is 1. The van der Waals surface area contributed by atoms with Crippen molar-refractivity contribution in [1.82, 2.24) is 10.3 Å². The summed E-state index contributed by atoms with van der Waals surface area (Å²) in [7, 11) is 0. The van der Waals surface area contributed by atoms with Crippen LogP contribution in [0.5, 0.6) is 0 Å². The second kappa shape index (κ2) is 6.94. The van der Waals surface area contributed by atoms with Gasteiger partial charge in [0.05, 0.1) is 17.2 Å². The molecule has 1 amide bonds. The number of carbonyl (C=O) groups excluding carboxylic acids is 1. The van der Waals surface area contributed by atoms with Gasteiger partial charge in [-0.3, -0.25) is 4.79 Å². The second-order valence-electron chi connectivity index (χ2n) is 6.74. The van der Waals surface area contributed by atoms with Crippen LogP contribution in [-0.2, 0) is 6.42 Å². The van der Waals surface area contributed by atoms with Gasteiger partial charge in [0.15, 0.2) is 0 Å². The van der Waals surface area contributed by atoms with Crippen molar-refractivity contribution in [2.75, 3.05) is 6.26 Å². The fourth-order valence-corrected chi connectivity index (χ4v) is 4.39. The predicted molar refractivity (Wildman–Crippen MR) is 103 cm³/mol.